The van der Waals surface area contributed by atoms with Gasteiger partial charge in [-0.05, 0) is 35.6 Å². The molecule has 112 valence electrons. The molecular weight excluding hydrogens is 288 g/mol. The van der Waals surface area contributed by atoms with Gasteiger partial charge in [0.15, 0.2) is 0 Å². The summed E-state index contributed by atoms with van der Waals surface area (Å²) in [6.45, 7) is 9.37. The van der Waals surface area contributed by atoms with Gasteiger partial charge in [-0.2, -0.15) is 0 Å². The van der Waals surface area contributed by atoms with Crippen LogP contribution in [0.2, 0.25) is 13.1 Å². The van der Waals surface area contributed by atoms with Crippen molar-refractivity contribution >= 4 is 25.9 Å². The number of thiol groups is 1. The van der Waals surface area contributed by atoms with Crippen LogP contribution in [-0.2, 0) is 18.9 Å². The Morgan fingerprint density at radius 2 is 1.43 bits per heavy atom. The van der Waals surface area contributed by atoms with E-state index in [0.717, 1.165) is 12.8 Å². The smallest absolute Gasteiger partial charge is 0.0849 e. The average molecular weight is 315 g/mol. The normalized spacial score (nSPS) is 11.7. The van der Waals surface area contributed by atoms with Gasteiger partial charge in [0.2, 0.25) is 0 Å². The van der Waals surface area contributed by atoms with Gasteiger partial charge in [0, 0.05) is 4.90 Å². The molecule has 0 atom stereocenters. The average Bonchev–Trinajstić information content (AvgIpc) is 2.49. The Morgan fingerprint density at radius 1 is 0.905 bits per heavy atom. The molecule has 0 aliphatic carbocycles. The maximum absolute atomic E-state index is 4.71. The maximum atomic E-state index is 4.71. The highest BCUT2D eigenvalue weighted by molar-refractivity contribution is 7.80. The zero-order chi connectivity index (χ0) is 15.5. The molecule has 0 N–H and O–H groups in total. The second-order valence-corrected chi connectivity index (χ2v) is 11.5. The van der Waals surface area contributed by atoms with Crippen LogP contribution in [0.15, 0.2) is 47.4 Å². The van der Waals surface area contributed by atoms with Crippen molar-refractivity contribution in [2.24, 2.45) is 0 Å². The molecule has 2 aromatic rings. The second-order valence-electron chi connectivity index (χ2n) is 6.40. The fourth-order valence-electron chi connectivity index (χ4n) is 2.97. The highest BCUT2D eigenvalue weighted by Crippen LogP contribution is 2.25. The van der Waals surface area contributed by atoms with Crippen LogP contribution in [0, 0.1) is 0 Å². The first-order valence-electron chi connectivity index (χ1n) is 7.87. The lowest BCUT2D eigenvalue weighted by Crippen LogP contribution is -2.43. The Kier molecular flexibility index (Phi) is 5.34. The van der Waals surface area contributed by atoms with Gasteiger partial charge in [-0.25, -0.2) is 0 Å². The van der Waals surface area contributed by atoms with Crippen LogP contribution in [0.1, 0.15) is 30.5 Å². The minimum atomic E-state index is -1.43. The lowest BCUT2D eigenvalue weighted by molar-refractivity contribution is 0.998. The van der Waals surface area contributed by atoms with Gasteiger partial charge < -0.3 is 0 Å². The molecule has 0 aromatic heterocycles. The number of hydrogen-bond acceptors (Lipinski definition) is 1. The van der Waals surface area contributed by atoms with E-state index < -0.39 is 8.07 Å². The number of benzene rings is 2. The van der Waals surface area contributed by atoms with E-state index in [2.05, 4.69) is 69.4 Å². The Labute approximate surface area is 136 Å². The molecule has 0 unspecified atom stereocenters. The molecule has 0 saturated heterocycles. The Morgan fingerprint density at radius 3 is 1.90 bits per heavy atom. The Bertz CT molecular complexity index is 577. The van der Waals surface area contributed by atoms with Crippen LogP contribution in [-0.4, -0.2) is 8.07 Å². The summed E-state index contributed by atoms with van der Waals surface area (Å²) < 4.78 is 0. The minimum Gasteiger partial charge on any atom is -0.143 e. The summed E-state index contributed by atoms with van der Waals surface area (Å²) in [5, 5.41) is 1.54. The molecule has 2 aromatic carbocycles. The molecular formula is C19H26SSi. The van der Waals surface area contributed by atoms with Gasteiger partial charge in [0.1, 0.15) is 0 Å². The van der Waals surface area contributed by atoms with Crippen molar-refractivity contribution in [1.29, 1.82) is 0 Å². The Balaban J connectivity index is 2.35. The third-order valence-electron chi connectivity index (χ3n) is 4.29. The maximum Gasteiger partial charge on any atom is 0.0849 e. The second kappa shape index (κ2) is 6.84. The number of rotatable bonds is 5. The zero-order valence-electron chi connectivity index (χ0n) is 13.6. The van der Waals surface area contributed by atoms with Gasteiger partial charge in [-0.1, -0.05) is 74.6 Å². The van der Waals surface area contributed by atoms with Crippen LogP contribution >= 0.6 is 12.6 Å². The summed E-state index contributed by atoms with van der Waals surface area (Å²) >= 11 is 4.71. The van der Waals surface area contributed by atoms with Crippen LogP contribution < -0.4 is 5.19 Å². The SMILES string of the molecule is CCc1cc(C[Si](C)(C)c2ccccc2)cc(CC)c1S. The minimum absolute atomic E-state index is 1.06. The van der Waals surface area contributed by atoms with Crippen molar-refractivity contribution < 1.29 is 0 Å². The van der Waals surface area contributed by atoms with Crippen LogP contribution in [0.5, 0.6) is 0 Å². The predicted molar refractivity (Wildman–Crippen MR) is 99.7 cm³/mol. The van der Waals surface area contributed by atoms with Crippen molar-refractivity contribution in [2.75, 3.05) is 0 Å². The highest BCUT2D eigenvalue weighted by Gasteiger charge is 2.24. The fourth-order valence-corrected chi connectivity index (χ4v) is 5.94. The van der Waals surface area contributed by atoms with Crippen molar-refractivity contribution in [1.82, 2.24) is 0 Å². The van der Waals surface area contributed by atoms with Crippen molar-refractivity contribution in [2.45, 2.75) is 50.7 Å². The third kappa shape index (κ3) is 3.81. The number of aryl methyl sites for hydroxylation is 2. The van der Waals surface area contributed by atoms with E-state index in [9.17, 15) is 0 Å². The monoisotopic (exact) mass is 314 g/mol. The summed E-state index contributed by atoms with van der Waals surface area (Å²) in [4.78, 5) is 1.20. The van der Waals surface area contributed by atoms with E-state index >= 15 is 0 Å². The van der Waals surface area contributed by atoms with Crippen molar-refractivity contribution in [3.63, 3.8) is 0 Å². The first kappa shape index (κ1) is 16.4. The summed E-state index contributed by atoms with van der Waals surface area (Å²) in [5.74, 6) is 0. The standard InChI is InChI=1S/C19H26SSi/c1-5-16-12-15(13-17(6-2)19(16)20)14-21(3,4)18-10-8-7-9-11-18/h7-13,20H,5-6,14H2,1-4H3. The van der Waals surface area contributed by atoms with Crippen LogP contribution in [0.4, 0.5) is 0 Å². The molecule has 0 bridgehead atoms. The summed E-state index contributed by atoms with van der Waals surface area (Å²) in [6.07, 6.45) is 2.12. The predicted octanol–water partition coefficient (Wildman–Crippen LogP) is 4.80. The molecule has 0 fully saturated rings. The molecule has 2 rings (SSSR count). The van der Waals surface area contributed by atoms with Crippen molar-refractivity contribution in [3.8, 4) is 0 Å². The van der Waals surface area contributed by atoms with E-state index in [4.69, 9.17) is 12.6 Å². The first-order valence-corrected chi connectivity index (χ1v) is 11.5. The summed E-state index contributed by atoms with van der Waals surface area (Å²) in [5.41, 5.74) is 4.28. The van der Waals surface area contributed by atoms with E-state index in [1.807, 2.05) is 0 Å². The molecule has 0 amide bonds. The van der Waals surface area contributed by atoms with Gasteiger partial charge in [0.05, 0.1) is 8.07 Å². The van der Waals surface area contributed by atoms with Gasteiger partial charge in [0.25, 0.3) is 0 Å². The summed E-state index contributed by atoms with van der Waals surface area (Å²) in [6, 6.07) is 17.0. The Hall–Kier alpha value is -0.993. The number of hydrogen-bond donors (Lipinski definition) is 1. The molecule has 2 heteroatoms. The van der Waals surface area contributed by atoms with E-state index in [1.54, 1.807) is 0 Å². The van der Waals surface area contributed by atoms with Gasteiger partial charge >= 0.3 is 0 Å². The third-order valence-corrected chi connectivity index (χ3v) is 8.05. The molecule has 0 saturated carbocycles. The largest absolute Gasteiger partial charge is 0.143 e. The quantitative estimate of drug-likeness (QED) is 0.595. The van der Waals surface area contributed by atoms with Crippen LogP contribution in [0.3, 0.4) is 0 Å². The molecule has 0 spiro atoms. The van der Waals surface area contributed by atoms with E-state index in [1.165, 1.54) is 32.8 Å². The lowest BCUT2D eigenvalue weighted by Gasteiger charge is -2.24. The van der Waals surface area contributed by atoms with E-state index in [0.29, 0.717) is 0 Å². The fraction of sp³-hybridized carbons (Fsp3) is 0.368. The van der Waals surface area contributed by atoms with Crippen molar-refractivity contribution in [3.05, 3.63) is 59.2 Å². The van der Waals surface area contributed by atoms with Gasteiger partial charge in [-0.3, -0.25) is 0 Å². The first-order chi connectivity index (χ1) is 9.97. The van der Waals surface area contributed by atoms with Gasteiger partial charge in [-0.15, -0.1) is 12.6 Å². The highest BCUT2D eigenvalue weighted by atomic mass is 32.1. The molecule has 21 heavy (non-hydrogen) atoms. The van der Waals surface area contributed by atoms with E-state index in [-0.39, 0.29) is 0 Å². The molecule has 0 radical (unpaired) electrons. The topological polar surface area (TPSA) is 0 Å². The molecule has 0 heterocycles. The van der Waals surface area contributed by atoms with Crippen LogP contribution in [0.25, 0.3) is 0 Å². The zero-order valence-corrected chi connectivity index (χ0v) is 15.5. The molecule has 0 aliphatic heterocycles. The molecule has 0 nitrogen and oxygen atoms in total. The molecule has 0 aliphatic rings. The summed E-state index contributed by atoms with van der Waals surface area (Å²) in [7, 11) is -1.43. The lowest BCUT2D eigenvalue weighted by atomic mass is 10.0.